The number of hydrogen-bond donors (Lipinski definition) is 3. The van der Waals surface area contributed by atoms with Gasteiger partial charge in [0.25, 0.3) is 5.91 Å². The molecule has 1 amide bonds. The van der Waals surface area contributed by atoms with Gasteiger partial charge in [-0.1, -0.05) is 6.07 Å². The number of aliphatic hydroxyl groups excluding tert-OH is 2. The monoisotopic (exact) mass is 452 g/mol. The van der Waals surface area contributed by atoms with Crippen LogP contribution < -0.4 is 10.1 Å². The number of methoxy groups -OCH3 is 2. The summed E-state index contributed by atoms with van der Waals surface area (Å²) in [6, 6.07) is 5.24. The Balaban J connectivity index is 1.99. The predicted octanol–water partition coefficient (Wildman–Crippen LogP) is 2.31. The minimum Gasteiger partial charge on any atom is -0.493 e. The average molecular weight is 452 g/mol. The Morgan fingerprint density at radius 2 is 2.03 bits per heavy atom. The van der Waals surface area contributed by atoms with Crippen LogP contribution >= 0.6 is 0 Å². The second-order valence-corrected chi connectivity index (χ2v) is 7.96. The molecule has 1 fully saturated rings. The molecule has 2 aromatic rings. The molecule has 4 atom stereocenters. The molecule has 1 aliphatic heterocycles. The van der Waals surface area contributed by atoms with E-state index in [-0.39, 0.29) is 17.0 Å². The van der Waals surface area contributed by atoms with Gasteiger partial charge in [0.1, 0.15) is 12.2 Å². The van der Waals surface area contributed by atoms with Gasteiger partial charge < -0.3 is 29.7 Å². The molecule has 32 heavy (non-hydrogen) atoms. The third-order valence-corrected chi connectivity index (χ3v) is 5.49. The Morgan fingerprint density at radius 1 is 1.31 bits per heavy atom. The number of carbonyl (C=O) groups excluding carboxylic acids is 1. The predicted molar refractivity (Wildman–Crippen MR) is 110 cm³/mol. The van der Waals surface area contributed by atoms with Gasteiger partial charge in [0, 0.05) is 24.6 Å². The lowest BCUT2D eigenvalue weighted by atomic mass is 9.83. The summed E-state index contributed by atoms with van der Waals surface area (Å²) >= 11 is 0. The summed E-state index contributed by atoms with van der Waals surface area (Å²) in [5.74, 6) is -3.95. The van der Waals surface area contributed by atoms with Gasteiger partial charge in [-0.25, -0.2) is 4.39 Å². The number of rotatable bonds is 7. The molecule has 0 spiro atoms. The second-order valence-electron chi connectivity index (χ2n) is 7.96. The normalized spacial score (nSPS) is 23.1. The molecule has 2 heterocycles. The van der Waals surface area contributed by atoms with Crippen molar-refractivity contribution in [2.75, 3.05) is 26.1 Å². The topological polar surface area (TPSA) is 110 Å². The number of aromatic nitrogens is 1. The maximum Gasteiger partial charge on any atom is 0.254 e. The number of amides is 1. The van der Waals surface area contributed by atoms with Crippen LogP contribution in [-0.4, -0.2) is 59.7 Å². The number of nitrogens with zero attached hydrogens (tertiary/aromatic N) is 1. The summed E-state index contributed by atoms with van der Waals surface area (Å²) in [6.45, 7) is 2.93. The number of aliphatic hydroxyl groups is 2. The smallest absolute Gasteiger partial charge is 0.254 e. The Kier molecular flexibility index (Phi) is 7.09. The molecule has 0 radical (unpaired) electrons. The van der Waals surface area contributed by atoms with Gasteiger partial charge in [0.05, 0.1) is 37.0 Å². The second kappa shape index (κ2) is 9.45. The van der Waals surface area contributed by atoms with Crippen molar-refractivity contribution in [3.8, 4) is 5.75 Å². The highest BCUT2D eigenvalue weighted by atomic mass is 19.2. The Bertz CT molecular complexity index is 987. The van der Waals surface area contributed by atoms with Gasteiger partial charge in [-0.3, -0.25) is 9.78 Å². The Morgan fingerprint density at radius 3 is 2.66 bits per heavy atom. The summed E-state index contributed by atoms with van der Waals surface area (Å²) < 4.78 is 45.0. The molecule has 1 aromatic carbocycles. The minimum absolute atomic E-state index is 0.173. The van der Waals surface area contributed by atoms with Crippen LogP contribution in [0.2, 0.25) is 0 Å². The molecule has 10 heteroatoms. The number of carbonyl (C=O) groups is 1. The molecule has 3 N–H and O–H groups in total. The van der Waals surface area contributed by atoms with Gasteiger partial charge in [0.15, 0.2) is 11.6 Å². The van der Waals surface area contributed by atoms with Crippen LogP contribution in [0, 0.1) is 11.6 Å². The van der Waals surface area contributed by atoms with Crippen molar-refractivity contribution in [3.05, 3.63) is 53.4 Å². The number of nitrogens with one attached hydrogen (secondary N) is 1. The minimum atomic E-state index is -1.20. The zero-order chi connectivity index (χ0) is 23.6. The van der Waals surface area contributed by atoms with Crippen LogP contribution in [0.15, 0.2) is 30.5 Å². The Labute approximate surface area is 184 Å². The van der Waals surface area contributed by atoms with Crippen molar-refractivity contribution < 1.29 is 38.0 Å². The molecule has 1 aromatic heterocycles. The number of pyridine rings is 1. The molecule has 0 unspecified atom stereocenters. The first-order valence-electron chi connectivity index (χ1n) is 9.92. The summed E-state index contributed by atoms with van der Waals surface area (Å²) in [6.07, 6.45) is -1.64. The SMILES string of the molecule is COc1c([C@@H]2[C@@H](C(=O)Nc3ccnc([C@H](O)CO)c3)OC(C)(C)[C@@H]2OC)ccc(F)c1F. The lowest BCUT2D eigenvalue weighted by molar-refractivity contribution is -0.132. The number of hydrogen-bond acceptors (Lipinski definition) is 7. The summed E-state index contributed by atoms with van der Waals surface area (Å²) in [7, 11) is 2.66. The fourth-order valence-corrected chi connectivity index (χ4v) is 4.06. The molecular formula is C22H26F2N2O6. The maximum absolute atomic E-state index is 14.4. The summed E-state index contributed by atoms with van der Waals surface area (Å²) in [4.78, 5) is 17.2. The molecule has 8 nitrogen and oxygen atoms in total. The van der Waals surface area contributed by atoms with Crippen molar-refractivity contribution in [2.45, 2.75) is 43.7 Å². The number of benzene rings is 1. The largest absolute Gasteiger partial charge is 0.493 e. The molecule has 174 valence electrons. The highest BCUT2D eigenvalue weighted by Crippen LogP contribution is 2.46. The van der Waals surface area contributed by atoms with Crippen molar-refractivity contribution >= 4 is 11.6 Å². The van der Waals surface area contributed by atoms with E-state index >= 15 is 0 Å². The van der Waals surface area contributed by atoms with E-state index < -0.39 is 54.0 Å². The summed E-state index contributed by atoms with van der Waals surface area (Å²) in [5.41, 5.74) is -0.222. The van der Waals surface area contributed by atoms with Gasteiger partial charge in [-0.2, -0.15) is 4.39 Å². The molecule has 0 bridgehead atoms. The van der Waals surface area contributed by atoms with E-state index in [0.717, 1.165) is 6.07 Å². The molecule has 1 saturated heterocycles. The van der Waals surface area contributed by atoms with Crippen LogP contribution in [0.25, 0.3) is 0 Å². The molecule has 0 saturated carbocycles. The van der Waals surface area contributed by atoms with E-state index in [0.29, 0.717) is 5.69 Å². The van der Waals surface area contributed by atoms with Crippen LogP contribution in [0.5, 0.6) is 5.75 Å². The fourth-order valence-electron chi connectivity index (χ4n) is 4.06. The molecule has 0 aliphatic carbocycles. The van der Waals surface area contributed by atoms with Crippen molar-refractivity contribution in [2.24, 2.45) is 0 Å². The quantitative estimate of drug-likeness (QED) is 0.591. The third kappa shape index (κ3) is 4.44. The van der Waals surface area contributed by atoms with E-state index in [1.165, 1.54) is 38.6 Å². The summed E-state index contributed by atoms with van der Waals surface area (Å²) in [5, 5.41) is 21.6. The van der Waals surface area contributed by atoms with Gasteiger partial charge >= 0.3 is 0 Å². The average Bonchev–Trinajstić information content (AvgIpc) is 3.05. The van der Waals surface area contributed by atoms with Crippen molar-refractivity contribution in [1.29, 1.82) is 0 Å². The van der Waals surface area contributed by atoms with Crippen LogP contribution in [0.1, 0.15) is 37.1 Å². The first-order chi connectivity index (χ1) is 15.1. The molecular weight excluding hydrogens is 426 g/mol. The molecule has 1 aliphatic rings. The van der Waals surface area contributed by atoms with E-state index in [9.17, 15) is 18.7 Å². The van der Waals surface area contributed by atoms with E-state index in [1.807, 2.05) is 0 Å². The number of halogens is 2. The van der Waals surface area contributed by atoms with Crippen LogP contribution in [0.4, 0.5) is 14.5 Å². The lowest BCUT2D eigenvalue weighted by Gasteiger charge is -2.28. The van der Waals surface area contributed by atoms with Gasteiger partial charge in [-0.05, 0) is 32.0 Å². The lowest BCUT2D eigenvalue weighted by Crippen LogP contribution is -2.36. The zero-order valence-electron chi connectivity index (χ0n) is 18.1. The highest BCUT2D eigenvalue weighted by molar-refractivity contribution is 5.95. The van der Waals surface area contributed by atoms with E-state index in [4.69, 9.17) is 19.3 Å². The van der Waals surface area contributed by atoms with E-state index in [2.05, 4.69) is 10.3 Å². The van der Waals surface area contributed by atoms with Crippen LogP contribution in [-0.2, 0) is 14.3 Å². The maximum atomic E-state index is 14.4. The first-order valence-corrected chi connectivity index (χ1v) is 9.92. The van der Waals surface area contributed by atoms with Gasteiger partial charge in [0.2, 0.25) is 5.82 Å². The molecule has 3 rings (SSSR count). The third-order valence-electron chi connectivity index (χ3n) is 5.49. The highest BCUT2D eigenvalue weighted by Gasteiger charge is 2.54. The fraction of sp³-hybridized carbons (Fsp3) is 0.455. The van der Waals surface area contributed by atoms with Crippen molar-refractivity contribution in [1.82, 2.24) is 4.98 Å². The number of ether oxygens (including phenoxy) is 3. The standard InChI is InChI=1S/C22H26F2N2O6/c1-22(2)20(31-4)16(12-5-6-13(23)17(24)18(12)30-3)19(32-22)21(29)26-11-7-8-25-14(9-11)15(28)10-27/h5-9,15-16,19-20,27-28H,10H2,1-4H3,(H,25,26,29)/t15-,16-,19+,20-/m1/s1. The first kappa shape index (κ1) is 24.0. The zero-order valence-corrected chi connectivity index (χ0v) is 18.1. The van der Waals surface area contributed by atoms with Crippen LogP contribution in [0.3, 0.4) is 0 Å². The Hall–Kier alpha value is -2.66. The van der Waals surface area contributed by atoms with E-state index in [1.54, 1.807) is 13.8 Å². The van der Waals surface area contributed by atoms with Gasteiger partial charge in [-0.15, -0.1) is 0 Å². The van der Waals surface area contributed by atoms with Crippen molar-refractivity contribution in [3.63, 3.8) is 0 Å². The number of anilines is 1.